The first-order chi connectivity index (χ1) is 25.2. The first kappa shape index (κ1) is 43.3. The number of carbonyl (C=O) groups is 3. The molecular formula is C41H68O13. The number of aliphatic carboxylic acids is 1. The molecule has 13 heteroatoms. The first-order valence-electron chi connectivity index (χ1n) is 20.6. The van der Waals surface area contributed by atoms with Crippen molar-refractivity contribution in [3.8, 4) is 0 Å². The van der Waals surface area contributed by atoms with Gasteiger partial charge in [-0.3, -0.25) is 14.4 Å². The van der Waals surface area contributed by atoms with Crippen LogP contribution >= 0.6 is 0 Å². The van der Waals surface area contributed by atoms with Gasteiger partial charge in [0.05, 0.1) is 54.2 Å². The lowest BCUT2D eigenvalue weighted by atomic mass is 9.78. The number of carbonyl (C=O) groups excluding carboxylic acids is 2. The smallest absolute Gasteiger partial charge is 0.309 e. The summed E-state index contributed by atoms with van der Waals surface area (Å²) in [5.41, 5.74) is -1.36. The zero-order valence-corrected chi connectivity index (χ0v) is 34.2. The van der Waals surface area contributed by atoms with E-state index in [0.717, 1.165) is 25.7 Å². The van der Waals surface area contributed by atoms with Gasteiger partial charge in [0.2, 0.25) is 0 Å². The molecular weight excluding hydrogens is 700 g/mol. The highest BCUT2D eigenvalue weighted by molar-refractivity contribution is 5.73. The standard InChI is InChI=1S/C41H68O13/c1-11-13-32(44)48-29-20-40(52-35(25(29)6)26(7)34(27(8)37(45)46)50-31(43)12-2)17-16-38(9,54-40)30-14-15-39(10,51-30)36-23(4)19-28(49-36)33-22(3)18-24(5)41(47,21-42)53-33/h22-30,33-36,42,47H,11-21H2,1-10H3,(H,45,46)/t22-,23-,24+,25+,26-,27+,28+,29-,30+,33-,34+,35-,36?,38-,39-,40+,41-/m0/s1. The van der Waals surface area contributed by atoms with Crippen LogP contribution in [0.1, 0.15) is 133 Å². The Bertz CT molecular complexity index is 1340. The maximum absolute atomic E-state index is 12.9. The van der Waals surface area contributed by atoms with Crippen molar-refractivity contribution >= 4 is 17.9 Å². The van der Waals surface area contributed by atoms with E-state index in [1.165, 1.54) is 6.92 Å². The molecule has 1 unspecified atom stereocenters. The second-order valence-electron chi connectivity index (χ2n) is 18.0. The van der Waals surface area contributed by atoms with Gasteiger partial charge in [-0.15, -0.1) is 0 Å². The van der Waals surface area contributed by atoms with Crippen LogP contribution in [0.5, 0.6) is 0 Å². The van der Waals surface area contributed by atoms with Gasteiger partial charge >= 0.3 is 17.9 Å². The molecule has 5 rings (SSSR count). The highest BCUT2D eigenvalue weighted by Crippen LogP contribution is 2.54. The van der Waals surface area contributed by atoms with Crippen LogP contribution in [0.2, 0.25) is 0 Å². The molecule has 5 fully saturated rings. The number of carboxylic acids is 1. The Hall–Kier alpha value is -1.87. The van der Waals surface area contributed by atoms with Gasteiger partial charge < -0.3 is 48.5 Å². The van der Waals surface area contributed by atoms with Crippen molar-refractivity contribution in [3.63, 3.8) is 0 Å². The van der Waals surface area contributed by atoms with Crippen molar-refractivity contribution in [2.45, 2.75) is 199 Å². The van der Waals surface area contributed by atoms with E-state index in [4.69, 9.17) is 33.2 Å². The minimum Gasteiger partial charge on any atom is -0.481 e. The summed E-state index contributed by atoms with van der Waals surface area (Å²) in [7, 11) is 0. The van der Waals surface area contributed by atoms with E-state index in [1.54, 1.807) is 6.92 Å². The summed E-state index contributed by atoms with van der Waals surface area (Å²) in [6, 6.07) is 0. The minimum absolute atomic E-state index is 0.102. The van der Waals surface area contributed by atoms with Crippen molar-refractivity contribution in [1.29, 1.82) is 0 Å². The molecule has 310 valence electrons. The van der Waals surface area contributed by atoms with Crippen LogP contribution in [0.4, 0.5) is 0 Å². The number of aliphatic hydroxyl groups excluding tert-OH is 1. The summed E-state index contributed by atoms with van der Waals surface area (Å²) < 4.78 is 45.7. The molecule has 0 aromatic heterocycles. The number of rotatable bonds is 13. The zero-order chi connectivity index (χ0) is 40.0. The molecule has 5 saturated heterocycles. The SMILES string of the molecule is CCCC(=O)O[C@H]1C[C@]2(CC[C@@](C)([C@H]3CC[C@@](C)(C4O[C@@H]([C@H]5O[C@@](O)(CO)[C@H](C)C[C@@H]5C)C[C@@H]4C)O3)O2)O[C@H]([C@@H](C)[C@@H](OC(=O)CC)[C@@H](C)C(=O)O)[C@@H]1C. The summed E-state index contributed by atoms with van der Waals surface area (Å²) in [5, 5.41) is 30.9. The molecule has 0 saturated carbocycles. The van der Waals surface area contributed by atoms with Crippen molar-refractivity contribution in [3.05, 3.63) is 0 Å². The fraction of sp³-hybridized carbons (Fsp3) is 0.927. The molecule has 0 aromatic carbocycles. The van der Waals surface area contributed by atoms with Gasteiger partial charge in [-0.1, -0.05) is 48.5 Å². The predicted octanol–water partition coefficient (Wildman–Crippen LogP) is 5.54. The minimum atomic E-state index is -1.59. The molecule has 54 heavy (non-hydrogen) atoms. The molecule has 3 N–H and O–H groups in total. The summed E-state index contributed by atoms with van der Waals surface area (Å²) in [4.78, 5) is 37.6. The van der Waals surface area contributed by atoms with E-state index < -0.39 is 71.5 Å². The molecule has 5 aliphatic heterocycles. The van der Waals surface area contributed by atoms with Gasteiger partial charge in [0.1, 0.15) is 12.2 Å². The normalized spacial score (nSPS) is 45.6. The van der Waals surface area contributed by atoms with Crippen LogP contribution in [0.25, 0.3) is 0 Å². The lowest BCUT2D eigenvalue weighted by molar-refractivity contribution is -0.336. The number of hydrogen-bond acceptors (Lipinski definition) is 12. The van der Waals surface area contributed by atoms with E-state index in [1.807, 2.05) is 34.6 Å². The van der Waals surface area contributed by atoms with Gasteiger partial charge in [-0.25, -0.2) is 0 Å². The van der Waals surface area contributed by atoms with E-state index in [2.05, 4.69) is 20.8 Å². The maximum atomic E-state index is 12.9. The quantitative estimate of drug-likeness (QED) is 0.199. The largest absolute Gasteiger partial charge is 0.481 e. The van der Waals surface area contributed by atoms with E-state index in [-0.39, 0.29) is 66.9 Å². The molecule has 17 atom stereocenters. The summed E-state index contributed by atoms with van der Waals surface area (Å²) >= 11 is 0. The van der Waals surface area contributed by atoms with Crippen LogP contribution in [0.3, 0.4) is 0 Å². The molecule has 0 amide bonds. The van der Waals surface area contributed by atoms with Gasteiger partial charge in [-0.2, -0.15) is 0 Å². The fourth-order valence-electron chi connectivity index (χ4n) is 10.2. The number of carboxylic acid groups (broad SMARTS) is 1. The van der Waals surface area contributed by atoms with Crippen molar-refractivity contribution in [1.82, 2.24) is 0 Å². The summed E-state index contributed by atoms with van der Waals surface area (Å²) in [6.07, 6.45) is 2.09. The highest BCUT2D eigenvalue weighted by atomic mass is 16.7. The van der Waals surface area contributed by atoms with Gasteiger partial charge in [0.25, 0.3) is 0 Å². The molecule has 5 heterocycles. The fourth-order valence-corrected chi connectivity index (χ4v) is 10.2. The van der Waals surface area contributed by atoms with Crippen molar-refractivity contribution in [2.24, 2.45) is 35.5 Å². The van der Waals surface area contributed by atoms with E-state index >= 15 is 0 Å². The molecule has 0 aromatic rings. The number of aliphatic hydroxyl groups is 2. The van der Waals surface area contributed by atoms with Crippen molar-refractivity contribution in [2.75, 3.05) is 6.61 Å². The monoisotopic (exact) mass is 768 g/mol. The Morgan fingerprint density at radius 1 is 0.907 bits per heavy atom. The van der Waals surface area contributed by atoms with Crippen LogP contribution < -0.4 is 0 Å². The second-order valence-corrected chi connectivity index (χ2v) is 18.0. The molecule has 0 radical (unpaired) electrons. The summed E-state index contributed by atoms with van der Waals surface area (Å²) in [6.45, 7) is 18.7. The Morgan fingerprint density at radius 2 is 1.61 bits per heavy atom. The zero-order valence-electron chi connectivity index (χ0n) is 34.2. The van der Waals surface area contributed by atoms with E-state index in [0.29, 0.717) is 25.7 Å². The number of esters is 2. The predicted molar refractivity (Wildman–Crippen MR) is 196 cm³/mol. The topological polar surface area (TPSA) is 177 Å². The Kier molecular flexibility index (Phi) is 13.3. The van der Waals surface area contributed by atoms with Crippen LogP contribution in [0.15, 0.2) is 0 Å². The van der Waals surface area contributed by atoms with E-state index in [9.17, 15) is 29.7 Å². The average Bonchev–Trinajstić information content (AvgIpc) is 3.82. The third-order valence-electron chi connectivity index (χ3n) is 13.6. The Morgan fingerprint density at radius 3 is 2.24 bits per heavy atom. The van der Waals surface area contributed by atoms with Gasteiger partial charge in [0.15, 0.2) is 11.6 Å². The lowest BCUT2D eigenvalue weighted by Gasteiger charge is -2.49. The third-order valence-corrected chi connectivity index (χ3v) is 13.6. The number of ether oxygens (including phenoxy) is 7. The third kappa shape index (κ3) is 8.53. The van der Waals surface area contributed by atoms with Crippen LogP contribution in [-0.2, 0) is 47.5 Å². The second kappa shape index (κ2) is 16.5. The summed E-state index contributed by atoms with van der Waals surface area (Å²) in [5.74, 6) is -6.41. The Balaban J connectivity index is 1.34. The van der Waals surface area contributed by atoms with Crippen molar-refractivity contribution < 1.29 is 62.9 Å². The first-order valence-corrected chi connectivity index (χ1v) is 20.6. The number of hydrogen-bond donors (Lipinski definition) is 3. The maximum Gasteiger partial charge on any atom is 0.309 e. The van der Waals surface area contributed by atoms with Gasteiger partial charge in [0, 0.05) is 43.4 Å². The van der Waals surface area contributed by atoms with Crippen LogP contribution in [0, 0.1) is 35.5 Å². The molecule has 0 bridgehead atoms. The molecule has 1 spiro atoms. The molecule has 0 aliphatic carbocycles. The highest BCUT2D eigenvalue weighted by Gasteiger charge is 2.62. The molecule has 5 aliphatic rings. The Labute approximate surface area is 321 Å². The lowest BCUT2D eigenvalue weighted by Crippen LogP contribution is -2.57. The van der Waals surface area contributed by atoms with Gasteiger partial charge in [-0.05, 0) is 71.1 Å². The molecule has 13 nitrogen and oxygen atoms in total. The van der Waals surface area contributed by atoms with Crippen LogP contribution in [-0.4, -0.2) is 105 Å². The average molecular weight is 769 g/mol.